The lowest BCUT2D eigenvalue weighted by atomic mass is 10.1. The number of aliphatic hydroxyl groups is 1. The van der Waals surface area contributed by atoms with Gasteiger partial charge in [0.1, 0.15) is 0 Å². The maximum Gasteiger partial charge on any atom is 0.319 e. The molecular weight excluding hydrogens is 308 g/mol. The number of benzene rings is 1. The highest BCUT2D eigenvalue weighted by atomic mass is 79.9. The van der Waals surface area contributed by atoms with Crippen molar-refractivity contribution in [3.63, 3.8) is 0 Å². The van der Waals surface area contributed by atoms with Crippen LogP contribution < -0.4 is 10.6 Å². The van der Waals surface area contributed by atoms with Gasteiger partial charge in [0.05, 0.1) is 11.8 Å². The number of halogens is 1. The molecule has 3 N–H and O–H groups in total. The number of hydrogen-bond donors (Lipinski definition) is 3. The zero-order valence-electron chi connectivity index (χ0n) is 11.5. The van der Waals surface area contributed by atoms with Crippen LogP contribution in [0.1, 0.15) is 25.8 Å². The summed E-state index contributed by atoms with van der Waals surface area (Å²) in [5.41, 5.74) is 1.79. The van der Waals surface area contributed by atoms with Gasteiger partial charge in [-0.05, 0) is 52.9 Å². The van der Waals surface area contributed by atoms with E-state index < -0.39 is 6.10 Å². The van der Waals surface area contributed by atoms with Crippen LogP contribution in [0.25, 0.3) is 0 Å². The summed E-state index contributed by atoms with van der Waals surface area (Å²) in [6.45, 7) is 6.29. The number of aliphatic hydroxyl groups excluding tert-OH is 1. The van der Waals surface area contributed by atoms with Gasteiger partial charge in [-0.3, -0.25) is 0 Å². The Balaban J connectivity index is 2.45. The van der Waals surface area contributed by atoms with Gasteiger partial charge in [-0.2, -0.15) is 0 Å². The molecule has 0 saturated heterocycles. The smallest absolute Gasteiger partial charge is 0.319 e. The van der Waals surface area contributed by atoms with Gasteiger partial charge in [0.15, 0.2) is 0 Å². The molecule has 0 aromatic heterocycles. The van der Waals surface area contributed by atoms with E-state index >= 15 is 0 Å². The van der Waals surface area contributed by atoms with E-state index in [1.807, 2.05) is 39.0 Å². The minimum atomic E-state index is -0.508. The first-order valence-corrected chi connectivity index (χ1v) is 7.17. The van der Waals surface area contributed by atoms with Gasteiger partial charge in [-0.1, -0.05) is 19.9 Å². The highest BCUT2D eigenvalue weighted by molar-refractivity contribution is 9.10. The second-order valence-corrected chi connectivity index (χ2v) is 5.96. The molecule has 0 aliphatic heterocycles. The Kier molecular flexibility index (Phi) is 6.31. The topological polar surface area (TPSA) is 61.4 Å². The van der Waals surface area contributed by atoms with Crippen LogP contribution in [-0.2, 0) is 0 Å². The Bertz CT molecular complexity index is 435. The second kappa shape index (κ2) is 7.50. The van der Waals surface area contributed by atoms with Gasteiger partial charge in [0.25, 0.3) is 0 Å². The number of aryl methyl sites for hydroxylation is 1. The zero-order valence-corrected chi connectivity index (χ0v) is 13.1. The third-order valence-electron chi connectivity index (χ3n) is 2.61. The summed E-state index contributed by atoms with van der Waals surface area (Å²) in [5.74, 6) is 0.408. The third kappa shape index (κ3) is 6.07. The molecular formula is C14H21BrN2O2. The number of carbonyl (C=O) groups is 1. The summed E-state index contributed by atoms with van der Waals surface area (Å²) in [6, 6.07) is 5.42. The summed E-state index contributed by atoms with van der Waals surface area (Å²) in [7, 11) is 0. The number of hydrogen-bond acceptors (Lipinski definition) is 2. The normalized spacial score (nSPS) is 12.3. The summed E-state index contributed by atoms with van der Waals surface area (Å²) in [4.78, 5) is 11.7. The quantitative estimate of drug-likeness (QED) is 0.776. The minimum Gasteiger partial charge on any atom is -0.391 e. The molecule has 1 atom stereocenters. The van der Waals surface area contributed by atoms with Gasteiger partial charge in [-0.15, -0.1) is 0 Å². The Morgan fingerprint density at radius 3 is 2.74 bits per heavy atom. The highest BCUT2D eigenvalue weighted by Crippen LogP contribution is 2.23. The first-order chi connectivity index (χ1) is 8.88. The van der Waals surface area contributed by atoms with Crippen molar-refractivity contribution in [2.24, 2.45) is 5.92 Å². The van der Waals surface area contributed by atoms with E-state index in [2.05, 4.69) is 26.6 Å². The van der Waals surface area contributed by atoms with Crippen molar-refractivity contribution in [2.75, 3.05) is 11.9 Å². The standard InChI is InChI=1S/C14H21BrN2O2/c1-9(2)6-11(18)8-16-14(19)17-13-7-10(3)4-5-12(13)15/h4-5,7,9,11,18H,6,8H2,1-3H3,(H2,16,17,19). The second-order valence-electron chi connectivity index (χ2n) is 5.10. The monoisotopic (exact) mass is 328 g/mol. The summed E-state index contributed by atoms with van der Waals surface area (Å²) >= 11 is 3.38. The van der Waals surface area contributed by atoms with Crippen LogP contribution in [0.3, 0.4) is 0 Å². The van der Waals surface area contributed by atoms with Crippen LogP contribution in [0.15, 0.2) is 22.7 Å². The Hall–Kier alpha value is -1.07. The predicted octanol–water partition coefficient (Wildman–Crippen LogP) is 3.29. The van der Waals surface area contributed by atoms with Crippen LogP contribution in [0.2, 0.25) is 0 Å². The van der Waals surface area contributed by atoms with Crippen molar-refractivity contribution < 1.29 is 9.90 Å². The maximum atomic E-state index is 11.7. The zero-order chi connectivity index (χ0) is 14.4. The van der Waals surface area contributed by atoms with Crippen molar-refractivity contribution in [2.45, 2.75) is 33.3 Å². The maximum absolute atomic E-state index is 11.7. The van der Waals surface area contributed by atoms with Crippen molar-refractivity contribution in [3.05, 3.63) is 28.2 Å². The van der Waals surface area contributed by atoms with Crippen LogP contribution in [0, 0.1) is 12.8 Å². The SMILES string of the molecule is Cc1ccc(Br)c(NC(=O)NCC(O)CC(C)C)c1. The van der Waals surface area contributed by atoms with Gasteiger partial charge in [-0.25, -0.2) is 4.79 Å². The van der Waals surface area contributed by atoms with Crippen molar-refractivity contribution >= 4 is 27.6 Å². The van der Waals surface area contributed by atoms with Gasteiger partial charge in [0.2, 0.25) is 0 Å². The molecule has 0 heterocycles. The predicted molar refractivity (Wildman–Crippen MR) is 81.4 cm³/mol. The Morgan fingerprint density at radius 1 is 1.42 bits per heavy atom. The lowest BCUT2D eigenvalue weighted by molar-refractivity contribution is 0.148. The minimum absolute atomic E-state index is 0.257. The number of carbonyl (C=O) groups excluding carboxylic acids is 1. The van der Waals surface area contributed by atoms with E-state index in [4.69, 9.17) is 0 Å². The summed E-state index contributed by atoms with van der Waals surface area (Å²) in [6.07, 6.45) is 0.167. The van der Waals surface area contributed by atoms with Crippen LogP contribution in [0.4, 0.5) is 10.5 Å². The van der Waals surface area contributed by atoms with Crippen molar-refractivity contribution in [3.8, 4) is 0 Å². The van der Waals surface area contributed by atoms with Crippen LogP contribution in [-0.4, -0.2) is 23.8 Å². The molecule has 0 radical (unpaired) electrons. The molecule has 0 saturated carbocycles. The molecule has 1 unspecified atom stereocenters. The fraction of sp³-hybridized carbons (Fsp3) is 0.500. The molecule has 106 valence electrons. The van der Waals surface area contributed by atoms with Crippen molar-refractivity contribution in [1.82, 2.24) is 5.32 Å². The third-order valence-corrected chi connectivity index (χ3v) is 3.30. The first-order valence-electron chi connectivity index (χ1n) is 6.37. The average Bonchev–Trinajstić information content (AvgIpc) is 2.30. The largest absolute Gasteiger partial charge is 0.391 e. The van der Waals surface area contributed by atoms with E-state index in [-0.39, 0.29) is 12.6 Å². The van der Waals surface area contributed by atoms with Gasteiger partial charge < -0.3 is 15.7 Å². The molecule has 4 nitrogen and oxygen atoms in total. The van der Waals surface area contributed by atoms with Gasteiger partial charge in [0, 0.05) is 11.0 Å². The molecule has 0 aliphatic rings. The Morgan fingerprint density at radius 2 is 2.11 bits per heavy atom. The van der Waals surface area contributed by atoms with Crippen LogP contribution >= 0.6 is 15.9 Å². The lowest BCUT2D eigenvalue weighted by Crippen LogP contribution is -2.35. The molecule has 1 aromatic carbocycles. The first kappa shape index (κ1) is 16.0. The molecule has 0 aliphatic carbocycles. The highest BCUT2D eigenvalue weighted by Gasteiger charge is 2.10. The van der Waals surface area contributed by atoms with Crippen LogP contribution in [0.5, 0.6) is 0 Å². The molecule has 2 amide bonds. The number of urea groups is 1. The summed E-state index contributed by atoms with van der Waals surface area (Å²) in [5, 5.41) is 15.1. The van der Waals surface area contributed by atoms with E-state index in [1.54, 1.807) is 0 Å². The lowest BCUT2D eigenvalue weighted by Gasteiger charge is -2.15. The molecule has 0 spiro atoms. The van der Waals surface area contributed by atoms with E-state index in [0.717, 1.165) is 15.7 Å². The van der Waals surface area contributed by atoms with Crippen molar-refractivity contribution in [1.29, 1.82) is 0 Å². The van der Waals surface area contributed by atoms with E-state index in [9.17, 15) is 9.90 Å². The fourth-order valence-corrected chi connectivity index (χ4v) is 2.09. The molecule has 19 heavy (non-hydrogen) atoms. The Labute approximate surface area is 122 Å². The summed E-state index contributed by atoms with van der Waals surface area (Å²) < 4.78 is 0.830. The number of rotatable bonds is 5. The van der Waals surface area contributed by atoms with Gasteiger partial charge >= 0.3 is 6.03 Å². The number of nitrogens with one attached hydrogen (secondary N) is 2. The molecule has 1 aromatic rings. The van der Waals surface area contributed by atoms with E-state index in [0.29, 0.717) is 12.3 Å². The molecule has 1 rings (SSSR count). The number of anilines is 1. The molecule has 0 fully saturated rings. The average molecular weight is 329 g/mol. The molecule has 5 heteroatoms. The molecule has 0 bridgehead atoms. The van der Waals surface area contributed by atoms with E-state index in [1.165, 1.54) is 0 Å². The number of amides is 2. The fourth-order valence-electron chi connectivity index (χ4n) is 1.74.